The number of ketones is 1. The van der Waals surface area contributed by atoms with E-state index < -0.39 is 0 Å². The smallest absolute Gasteiger partial charge is 0.223 e. The normalized spacial score (nSPS) is 27.6. The molecule has 1 aromatic rings. The first-order valence-corrected chi connectivity index (χ1v) is 11.2. The number of carbonyl (C=O) groups excluding carboxylic acids is 2. The second-order valence-corrected chi connectivity index (χ2v) is 9.12. The predicted octanol–water partition coefficient (Wildman–Crippen LogP) is 2.23. The second kappa shape index (κ2) is 8.66. The van der Waals surface area contributed by atoms with Crippen LogP contribution in [0.1, 0.15) is 36.8 Å². The minimum atomic E-state index is -0.328. The Morgan fingerprint density at radius 1 is 1.29 bits per heavy atom. The number of nitrogens with zero attached hydrogens (tertiary/aromatic N) is 2. The van der Waals surface area contributed by atoms with Gasteiger partial charge in [0.25, 0.3) is 0 Å². The third-order valence-corrected chi connectivity index (χ3v) is 7.37. The molecule has 1 aromatic carbocycles. The molecule has 4 rings (SSSR count). The molecule has 1 amide bonds. The van der Waals surface area contributed by atoms with Gasteiger partial charge in [-0.2, -0.15) is 0 Å². The minimum Gasteiger partial charge on any atom is -0.411 e. The fourth-order valence-electron chi connectivity index (χ4n) is 4.68. The number of thioether (sulfide) groups is 1. The Balaban J connectivity index is 1.30. The Morgan fingerprint density at radius 2 is 2.04 bits per heavy atom. The summed E-state index contributed by atoms with van der Waals surface area (Å²) < 4.78 is 0. The van der Waals surface area contributed by atoms with Crippen LogP contribution in [0.15, 0.2) is 29.4 Å². The van der Waals surface area contributed by atoms with Crippen molar-refractivity contribution < 1.29 is 14.8 Å². The number of nitrogens with one attached hydrogen (secondary N) is 1. The van der Waals surface area contributed by atoms with Gasteiger partial charge in [0.2, 0.25) is 5.91 Å². The van der Waals surface area contributed by atoms with E-state index in [1.54, 1.807) is 4.90 Å². The van der Waals surface area contributed by atoms with Crippen LogP contribution in [0.25, 0.3) is 0 Å². The molecule has 0 saturated carbocycles. The van der Waals surface area contributed by atoms with Crippen molar-refractivity contribution in [2.75, 3.05) is 12.3 Å². The zero-order valence-corrected chi connectivity index (χ0v) is 16.7. The molecule has 28 heavy (non-hydrogen) atoms. The van der Waals surface area contributed by atoms with Gasteiger partial charge in [-0.05, 0) is 49.1 Å². The van der Waals surface area contributed by atoms with Crippen LogP contribution in [0.3, 0.4) is 0 Å². The molecular weight excluding hydrogens is 374 g/mol. The lowest BCUT2D eigenvalue weighted by atomic mass is 9.99. The molecule has 0 spiro atoms. The van der Waals surface area contributed by atoms with E-state index >= 15 is 0 Å². The van der Waals surface area contributed by atoms with E-state index in [1.165, 1.54) is 29.1 Å². The summed E-state index contributed by atoms with van der Waals surface area (Å²) in [6.07, 6.45) is 6.57. The zero-order chi connectivity index (χ0) is 19.5. The van der Waals surface area contributed by atoms with Gasteiger partial charge >= 0.3 is 0 Å². The molecule has 2 fully saturated rings. The van der Waals surface area contributed by atoms with Crippen molar-refractivity contribution in [1.82, 2.24) is 10.2 Å². The summed E-state index contributed by atoms with van der Waals surface area (Å²) >= 11 is 1.52. The van der Waals surface area contributed by atoms with Crippen LogP contribution in [-0.2, 0) is 22.4 Å². The first kappa shape index (κ1) is 19.5. The van der Waals surface area contributed by atoms with Gasteiger partial charge in [0.15, 0.2) is 5.78 Å². The van der Waals surface area contributed by atoms with Crippen LogP contribution in [-0.4, -0.2) is 57.8 Å². The lowest BCUT2D eigenvalue weighted by Gasteiger charge is -2.26. The molecule has 150 valence electrons. The molecular formula is C21H27N3O3S. The summed E-state index contributed by atoms with van der Waals surface area (Å²) in [7, 11) is 0. The number of likely N-dealkylation sites (tertiary alicyclic amines) is 1. The standard InChI is InChI=1S/C21H27N3O3S/c25-19(8-7-14-10-15-4-1-2-5-16(15)11-14)24-9-3-6-18(24)20(26)21-23-17(12-22-27)13-28-21/h1-2,4-5,12,14,17-18,21,23,27H,3,6-11,13H2/t17-,18+,21?/m1/s1. The molecule has 0 bridgehead atoms. The van der Waals surface area contributed by atoms with Crippen molar-refractivity contribution in [3.05, 3.63) is 35.4 Å². The number of carbonyl (C=O) groups is 2. The maximum Gasteiger partial charge on any atom is 0.223 e. The molecule has 6 nitrogen and oxygen atoms in total. The van der Waals surface area contributed by atoms with Crippen molar-refractivity contribution in [2.24, 2.45) is 11.1 Å². The number of rotatable bonds is 6. The third-order valence-electron chi connectivity index (χ3n) is 6.12. The summed E-state index contributed by atoms with van der Waals surface area (Å²) in [6, 6.07) is 8.12. The summed E-state index contributed by atoms with van der Waals surface area (Å²) in [5, 5.41) is 14.6. The van der Waals surface area contributed by atoms with E-state index in [-0.39, 0.29) is 29.1 Å². The Kier molecular flexibility index (Phi) is 6.01. The molecule has 2 N–H and O–H groups in total. The lowest BCUT2D eigenvalue weighted by molar-refractivity contribution is -0.137. The van der Waals surface area contributed by atoms with Gasteiger partial charge in [-0.15, -0.1) is 16.9 Å². The fourth-order valence-corrected chi connectivity index (χ4v) is 5.86. The molecule has 3 atom stereocenters. The Morgan fingerprint density at radius 3 is 2.75 bits per heavy atom. The van der Waals surface area contributed by atoms with Crippen LogP contribution < -0.4 is 5.32 Å². The van der Waals surface area contributed by atoms with Crippen molar-refractivity contribution in [2.45, 2.75) is 56.0 Å². The third kappa shape index (κ3) is 4.10. The summed E-state index contributed by atoms with van der Waals surface area (Å²) in [4.78, 5) is 27.6. The van der Waals surface area contributed by atoms with Crippen molar-refractivity contribution in [3.63, 3.8) is 0 Å². The largest absolute Gasteiger partial charge is 0.411 e. The number of benzene rings is 1. The highest BCUT2D eigenvalue weighted by molar-refractivity contribution is 8.00. The molecule has 2 aliphatic heterocycles. The topological polar surface area (TPSA) is 82.0 Å². The average Bonchev–Trinajstić information content (AvgIpc) is 3.44. The van der Waals surface area contributed by atoms with E-state index in [0.29, 0.717) is 24.6 Å². The molecule has 0 aromatic heterocycles. The van der Waals surface area contributed by atoms with Crippen LogP contribution >= 0.6 is 11.8 Å². The lowest BCUT2D eigenvalue weighted by Crippen LogP contribution is -2.47. The van der Waals surface area contributed by atoms with Gasteiger partial charge in [0.1, 0.15) is 5.37 Å². The van der Waals surface area contributed by atoms with Gasteiger partial charge in [-0.3, -0.25) is 14.9 Å². The fraction of sp³-hybridized carbons (Fsp3) is 0.571. The minimum absolute atomic E-state index is 0.0814. The monoisotopic (exact) mass is 401 g/mol. The van der Waals surface area contributed by atoms with E-state index in [0.717, 1.165) is 32.1 Å². The Hall–Kier alpha value is -1.86. The highest BCUT2D eigenvalue weighted by Crippen LogP contribution is 2.31. The van der Waals surface area contributed by atoms with Crippen molar-refractivity contribution in [1.29, 1.82) is 0 Å². The Labute approximate surface area is 169 Å². The SMILES string of the molecule is O=C(C1N[C@H](C=NO)CS1)[C@@H]1CCCN1C(=O)CCC1Cc2ccccc2C1. The van der Waals surface area contributed by atoms with Gasteiger partial charge in [-0.1, -0.05) is 24.3 Å². The first-order valence-electron chi connectivity index (χ1n) is 10.1. The molecule has 7 heteroatoms. The van der Waals surface area contributed by atoms with Crippen LogP contribution in [0.2, 0.25) is 0 Å². The van der Waals surface area contributed by atoms with Crippen LogP contribution in [0.5, 0.6) is 0 Å². The van der Waals surface area contributed by atoms with Gasteiger partial charge in [0, 0.05) is 18.7 Å². The number of hydrogen-bond acceptors (Lipinski definition) is 6. The average molecular weight is 402 g/mol. The molecule has 3 aliphatic rings. The summed E-state index contributed by atoms with van der Waals surface area (Å²) in [5.41, 5.74) is 2.83. The highest BCUT2D eigenvalue weighted by atomic mass is 32.2. The molecule has 2 heterocycles. The van der Waals surface area contributed by atoms with Crippen LogP contribution in [0, 0.1) is 5.92 Å². The number of Topliss-reactive ketones (excluding diaryl/α,β-unsaturated/α-hetero) is 1. The maximum absolute atomic E-state index is 12.9. The number of fused-ring (bicyclic) bond motifs is 1. The molecule has 2 saturated heterocycles. The van der Waals surface area contributed by atoms with E-state index in [2.05, 4.69) is 34.7 Å². The van der Waals surface area contributed by atoms with Crippen molar-refractivity contribution in [3.8, 4) is 0 Å². The first-order chi connectivity index (χ1) is 13.7. The van der Waals surface area contributed by atoms with Gasteiger partial charge in [0.05, 0.1) is 18.3 Å². The number of oxime groups is 1. The maximum atomic E-state index is 12.9. The molecule has 0 radical (unpaired) electrons. The van der Waals surface area contributed by atoms with Gasteiger partial charge in [-0.25, -0.2) is 0 Å². The molecule has 1 aliphatic carbocycles. The second-order valence-electron chi connectivity index (χ2n) is 7.98. The van der Waals surface area contributed by atoms with E-state index in [9.17, 15) is 9.59 Å². The van der Waals surface area contributed by atoms with Crippen molar-refractivity contribution >= 4 is 29.7 Å². The zero-order valence-electron chi connectivity index (χ0n) is 15.9. The Bertz CT molecular complexity index is 744. The highest BCUT2D eigenvalue weighted by Gasteiger charge is 2.40. The van der Waals surface area contributed by atoms with E-state index in [4.69, 9.17) is 5.21 Å². The number of amides is 1. The summed E-state index contributed by atoms with van der Waals surface area (Å²) in [5.74, 6) is 1.42. The van der Waals surface area contributed by atoms with E-state index in [1.807, 2.05) is 0 Å². The predicted molar refractivity (Wildman–Crippen MR) is 110 cm³/mol. The number of hydrogen-bond donors (Lipinski definition) is 2. The quantitative estimate of drug-likeness (QED) is 0.434. The van der Waals surface area contributed by atoms with Crippen LogP contribution in [0.4, 0.5) is 0 Å². The molecule has 1 unspecified atom stereocenters. The van der Waals surface area contributed by atoms with Gasteiger partial charge < -0.3 is 10.1 Å². The summed E-state index contributed by atoms with van der Waals surface area (Å²) in [6.45, 7) is 0.680.